The lowest BCUT2D eigenvalue weighted by atomic mass is 9.47. The minimum atomic E-state index is 0.478. The Morgan fingerprint density at radius 1 is 1.15 bits per heavy atom. The van der Waals surface area contributed by atoms with Gasteiger partial charge in [-0.15, -0.1) is 0 Å². The minimum absolute atomic E-state index is 0.478. The lowest BCUT2D eigenvalue weighted by Gasteiger charge is -2.57. The van der Waals surface area contributed by atoms with E-state index in [2.05, 4.69) is 58.9 Å². The van der Waals surface area contributed by atoms with E-state index in [-0.39, 0.29) is 0 Å². The third-order valence-electron chi connectivity index (χ3n) is 9.59. The molecule has 4 aliphatic carbocycles. The van der Waals surface area contributed by atoms with Crippen LogP contribution in [0.3, 0.4) is 0 Å². The van der Waals surface area contributed by atoms with Crippen LogP contribution in [-0.2, 0) is 0 Å². The van der Waals surface area contributed by atoms with Crippen LogP contribution in [0.1, 0.15) is 92.4 Å². The Morgan fingerprint density at radius 3 is 2.74 bits per heavy atom. The number of hydrogen-bond donors (Lipinski definition) is 0. The van der Waals surface area contributed by atoms with Crippen molar-refractivity contribution >= 4 is 0 Å². The Hall–Kier alpha value is -0.780. The van der Waals surface area contributed by atoms with Crippen molar-refractivity contribution in [2.75, 3.05) is 0 Å². The highest BCUT2D eigenvalue weighted by molar-refractivity contribution is 5.34. The van der Waals surface area contributed by atoms with Gasteiger partial charge in [0.1, 0.15) is 0 Å². The summed E-state index contributed by atoms with van der Waals surface area (Å²) in [6.45, 7) is 12.4. The van der Waals surface area contributed by atoms with Gasteiger partial charge in [-0.2, -0.15) is 0 Å². The molecule has 0 spiro atoms. The third-order valence-corrected chi connectivity index (χ3v) is 9.59. The summed E-state index contributed by atoms with van der Waals surface area (Å²) >= 11 is 0. The van der Waals surface area contributed by atoms with Gasteiger partial charge in [-0.1, -0.05) is 50.6 Å². The Labute approximate surface area is 168 Å². The first-order valence-corrected chi connectivity index (χ1v) is 11.9. The first kappa shape index (κ1) is 19.5. The Morgan fingerprint density at radius 2 is 1.96 bits per heavy atom. The second-order valence-corrected chi connectivity index (χ2v) is 11.2. The predicted octanol–water partition coefficient (Wildman–Crippen LogP) is 8.11. The Balaban J connectivity index is 1.52. The van der Waals surface area contributed by atoms with Crippen molar-refractivity contribution < 1.29 is 0 Å². The van der Waals surface area contributed by atoms with Crippen molar-refractivity contribution in [3.8, 4) is 0 Å². The van der Waals surface area contributed by atoms with Crippen molar-refractivity contribution in [1.29, 1.82) is 0 Å². The Bertz CT molecular complexity index is 645. The second-order valence-electron chi connectivity index (χ2n) is 11.2. The van der Waals surface area contributed by atoms with Gasteiger partial charge in [-0.3, -0.25) is 0 Å². The molecule has 0 bridgehead atoms. The van der Waals surface area contributed by atoms with Crippen LogP contribution in [0.25, 0.3) is 0 Å². The van der Waals surface area contributed by atoms with E-state index in [0.29, 0.717) is 10.8 Å². The first-order valence-electron chi connectivity index (χ1n) is 11.9. The van der Waals surface area contributed by atoms with Gasteiger partial charge >= 0.3 is 0 Å². The lowest BCUT2D eigenvalue weighted by Crippen LogP contribution is -2.49. The van der Waals surface area contributed by atoms with E-state index in [1.165, 1.54) is 63.4 Å². The topological polar surface area (TPSA) is 0 Å². The summed E-state index contributed by atoms with van der Waals surface area (Å²) in [4.78, 5) is 0. The highest BCUT2D eigenvalue weighted by Crippen LogP contribution is 2.66. The quantitative estimate of drug-likeness (QED) is 0.441. The summed E-state index contributed by atoms with van der Waals surface area (Å²) in [5, 5.41) is 0. The fraction of sp³-hybridized carbons (Fsp3) is 0.778. The van der Waals surface area contributed by atoms with Gasteiger partial charge in [0.05, 0.1) is 0 Å². The molecule has 4 aliphatic rings. The van der Waals surface area contributed by atoms with E-state index in [1.54, 1.807) is 5.57 Å². The zero-order valence-corrected chi connectivity index (χ0v) is 18.6. The summed E-state index contributed by atoms with van der Waals surface area (Å²) in [6, 6.07) is 0. The molecule has 150 valence electrons. The largest absolute Gasteiger partial charge is 0.0859 e. The maximum absolute atomic E-state index is 2.70. The van der Waals surface area contributed by atoms with Gasteiger partial charge in [0.25, 0.3) is 0 Å². The van der Waals surface area contributed by atoms with E-state index in [9.17, 15) is 0 Å². The molecule has 0 radical (unpaired) electrons. The zero-order chi connectivity index (χ0) is 19.2. The van der Waals surface area contributed by atoms with E-state index in [0.717, 1.165) is 29.6 Å². The van der Waals surface area contributed by atoms with Gasteiger partial charge < -0.3 is 0 Å². The number of rotatable bonds is 4. The van der Waals surface area contributed by atoms with Gasteiger partial charge in [0.15, 0.2) is 0 Å². The molecule has 0 aromatic carbocycles. The molecular weight excluding hydrogens is 324 g/mol. The van der Waals surface area contributed by atoms with Crippen molar-refractivity contribution in [2.45, 2.75) is 92.4 Å². The molecule has 7 atom stereocenters. The van der Waals surface area contributed by atoms with Crippen LogP contribution >= 0.6 is 0 Å². The van der Waals surface area contributed by atoms with Crippen LogP contribution in [0.2, 0.25) is 0 Å². The lowest BCUT2D eigenvalue weighted by molar-refractivity contribution is -0.0448. The molecule has 0 saturated heterocycles. The molecule has 0 amide bonds. The molecule has 2 fully saturated rings. The molecule has 0 nitrogen and oxygen atoms in total. The molecule has 0 unspecified atom stereocenters. The fourth-order valence-electron chi connectivity index (χ4n) is 8.11. The van der Waals surface area contributed by atoms with Crippen molar-refractivity contribution in [3.63, 3.8) is 0 Å². The molecule has 0 heterocycles. The number of allylic oxidation sites excluding steroid dienone is 6. The average molecular weight is 367 g/mol. The smallest absolute Gasteiger partial charge is 0.00445 e. The van der Waals surface area contributed by atoms with Gasteiger partial charge in [-0.25, -0.2) is 0 Å². The maximum atomic E-state index is 2.70. The molecule has 27 heavy (non-hydrogen) atoms. The van der Waals surface area contributed by atoms with E-state index in [1.807, 2.05) is 0 Å². The monoisotopic (exact) mass is 366 g/mol. The van der Waals surface area contributed by atoms with Crippen LogP contribution in [0.5, 0.6) is 0 Å². The zero-order valence-electron chi connectivity index (χ0n) is 18.6. The minimum Gasteiger partial charge on any atom is -0.0859 e. The molecular formula is C27H42. The van der Waals surface area contributed by atoms with Crippen molar-refractivity contribution in [1.82, 2.24) is 0 Å². The average Bonchev–Trinajstić information content (AvgIpc) is 2.98. The van der Waals surface area contributed by atoms with Crippen LogP contribution in [0, 0.1) is 40.4 Å². The fourth-order valence-corrected chi connectivity index (χ4v) is 8.11. The normalized spacial score (nSPS) is 44.0. The summed E-state index contributed by atoms with van der Waals surface area (Å²) in [5.41, 5.74) is 4.25. The molecule has 4 rings (SSSR count). The number of fused-ring (bicyclic) bond motifs is 5. The second kappa shape index (κ2) is 7.23. The summed E-state index contributed by atoms with van der Waals surface area (Å²) in [6.07, 6.45) is 22.7. The summed E-state index contributed by atoms with van der Waals surface area (Å²) < 4.78 is 0. The van der Waals surface area contributed by atoms with Crippen LogP contribution in [-0.4, -0.2) is 0 Å². The van der Waals surface area contributed by atoms with E-state index >= 15 is 0 Å². The highest BCUT2D eigenvalue weighted by atomic mass is 14.6. The van der Waals surface area contributed by atoms with Gasteiger partial charge in [-0.05, 0) is 118 Å². The first-order chi connectivity index (χ1) is 12.9. The van der Waals surface area contributed by atoms with Crippen LogP contribution in [0.4, 0.5) is 0 Å². The van der Waals surface area contributed by atoms with Crippen LogP contribution < -0.4 is 0 Å². The molecule has 0 heteroatoms. The number of hydrogen-bond acceptors (Lipinski definition) is 0. The van der Waals surface area contributed by atoms with Gasteiger partial charge in [0, 0.05) is 0 Å². The molecule has 0 aromatic heterocycles. The van der Waals surface area contributed by atoms with E-state index < -0.39 is 0 Å². The highest BCUT2D eigenvalue weighted by Gasteiger charge is 2.58. The summed E-state index contributed by atoms with van der Waals surface area (Å²) in [5.74, 6) is 4.72. The van der Waals surface area contributed by atoms with Crippen molar-refractivity contribution in [3.05, 3.63) is 35.5 Å². The predicted molar refractivity (Wildman–Crippen MR) is 118 cm³/mol. The summed E-state index contributed by atoms with van der Waals surface area (Å²) in [7, 11) is 0. The molecule has 0 aliphatic heterocycles. The van der Waals surface area contributed by atoms with Crippen LogP contribution in [0.15, 0.2) is 35.5 Å². The molecule has 0 aromatic rings. The van der Waals surface area contributed by atoms with Crippen molar-refractivity contribution in [2.24, 2.45) is 40.4 Å². The molecule has 0 N–H and O–H groups in total. The van der Waals surface area contributed by atoms with E-state index in [4.69, 9.17) is 0 Å². The molecule has 2 saturated carbocycles. The standard InChI is InChI=1S/C27H42/c1-19(2)9-8-10-20(3)23-14-15-24-22-13-12-21-11-6-7-17-26(21,4)25(22)16-18-27(23,24)5/h6,9,11-12,20,22-25H,7-8,10,13-18H2,1-5H3/t20-,22+,23-,24+,25+,26+,27-/m1/s1. The SMILES string of the molecule is CC(C)=CCC[C@@H](C)[C@H]1CC[C@H]2[C@@H]3CC=C4C=CCC[C@]4(C)[C@H]3CC[C@]12C. The maximum Gasteiger partial charge on any atom is -0.00445 e. The Kier molecular flexibility index (Phi) is 5.23. The van der Waals surface area contributed by atoms with Gasteiger partial charge in [0.2, 0.25) is 0 Å². The third kappa shape index (κ3) is 3.20.